The van der Waals surface area contributed by atoms with Crippen molar-refractivity contribution in [1.29, 1.82) is 0 Å². The van der Waals surface area contributed by atoms with E-state index < -0.39 is 12.4 Å². The molecular formula is C11H14FNO2. The molecule has 1 amide bonds. The lowest BCUT2D eigenvalue weighted by Crippen LogP contribution is -2.32. The zero-order valence-electron chi connectivity index (χ0n) is 8.81. The van der Waals surface area contributed by atoms with E-state index in [1.807, 2.05) is 0 Å². The van der Waals surface area contributed by atoms with Crippen LogP contribution in [-0.2, 0) is 4.74 Å². The number of rotatable bonds is 3. The van der Waals surface area contributed by atoms with E-state index in [4.69, 9.17) is 0 Å². The molecule has 15 heavy (non-hydrogen) atoms. The largest absolute Gasteiger partial charge is 0.453 e. The Morgan fingerprint density at radius 3 is 2.53 bits per heavy atom. The van der Waals surface area contributed by atoms with Crippen molar-refractivity contribution in [3.8, 4) is 0 Å². The van der Waals surface area contributed by atoms with Gasteiger partial charge in [0.2, 0.25) is 6.30 Å². The molecule has 4 heteroatoms. The van der Waals surface area contributed by atoms with Gasteiger partial charge in [-0.3, -0.25) is 4.90 Å². The number of halogens is 1. The monoisotopic (exact) mass is 211 g/mol. The third-order valence-corrected chi connectivity index (χ3v) is 2.10. The van der Waals surface area contributed by atoms with Crippen molar-refractivity contribution >= 4 is 6.09 Å². The van der Waals surface area contributed by atoms with E-state index in [1.54, 1.807) is 37.3 Å². The fourth-order valence-electron chi connectivity index (χ4n) is 1.29. The lowest BCUT2D eigenvalue weighted by Gasteiger charge is -2.23. The molecule has 0 N–H and O–H groups in total. The van der Waals surface area contributed by atoms with Gasteiger partial charge in [-0.25, -0.2) is 9.18 Å². The number of methoxy groups -OCH3 is 1. The molecule has 0 fully saturated rings. The van der Waals surface area contributed by atoms with Crippen molar-refractivity contribution in [2.45, 2.75) is 13.2 Å². The van der Waals surface area contributed by atoms with Gasteiger partial charge in [0.25, 0.3) is 0 Å². The summed E-state index contributed by atoms with van der Waals surface area (Å²) in [6, 6.07) is 8.53. The summed E-state index contributed by atoms with van der Waals surface area (Å²) < 4.78 is 18.4. The first-order valence-electron chi connectivity index (χ1n) is 4.74. The smallest absolute Gasteiger partial charge is 0.412 e. The summed E-state index contributed by atoms with van der Waals surface area (Å²) in [5, 5.41) is 0. The van der Waals surface area contributed by atoms with E-state index in [0.29, 0.717) is 5.56 Å². The molecule has 82 valence electrons. The maximum atomic E-state index is 13.9. The first-order chi connectivity index (χ1) is 7.20. The van der Waals surface area contributed by atoms with Gasteiger partial charge in [0.1, 0.15) is 0 Å². The first kappa shape index (κ1) is 11.5. The normalized spacial score (nSPS) is 11.9. The van der Waals surface area contributed by atoms with Crippen molar-refractivity contribution in [2.24, 2.45) is 0 Å². The lowest BCUT2D eigenvalue weighted by molar-refractivity contribution is 0.0625. The number of carbonyl (C=O) groups excluding carboxylic acids is 1. The average molecular weight is 211 g/mol. The number of benzene rings is 1. The zero-order valence-corrected chi connectivity index (χ0v) is 8.81. The highest BCUT2D eigenvalue weighted by molar-refractivity contribution is 5.67. The molecular weight excluding hydrogens is 197 g/mol. The summed E-state index contributed by atoms with van der Waals surface area (Å²) in [5.74, 6) is 0. The van der Waals surface area contributed by atoms with Crippen molar-refractivity contribution in [3.63, 3.8) is 0 Å². The molecule has 0 aliphatic heterocycles. The van der Waals surface area contributed by atoms with Crippen LogP contribution in [0.3, 0.4) is 0 Å². The first-order valence-corrected chi connectivity index (χ1v) is 4.74. The Balaban J connectivity index is 2.82. The molecule has 0 saturated carbocycles. The van der Waals surface area contributed by atoms with Crippen LogP contribution in [0.1, 0.15) is 18.8 Å². The van der Waals surface area contributed by atoms with Gasteiger partial charge in [0, 0.05) is 12.1 Å². The Kier molecular flexibility index (Phi) is 4.09. The average Bonchev–Trinajstić information content (AvgIpc) is 2.30. The van der Waals surface area contributed by atoms with Crippen LogP contribution in [0.25, 0.3) is 0 Å². The van der Waals surface area contributed by atoms with Crippen LogP contribution in [0.15, 0.2) is 30.3 Å². The number of nitrogens with zero attached hydrogens (tertiary/aromatic N) is 1. The summed E-state index contributed by atoms with van der Waals surface area (Å²) in [7, 11) is 1.24. The molecule has 1 unspecified atom stereocenters. The molecule has 0 bridgehead atoms. The second-order valence-corrected chi connectivity index (χ2v) is 3.00. The Labute approximate surface area is 88.5 Å². The van der Waals surface area contributed by atoms with Crippen LogP contribution in [0.2, 0.25) is 0 Å². The molecule has 0 aliphatic rings. The highest BCUT2D eigenvalue weighted by Gasteiger charge is 2.23. The second-order valence-electron chi connectivity index (χ2n) is 3.00. The Bertz CT molecular complexity index is 316. The Hall–Kier alpha value is -1.58. The van der Waals surface area contributed by atoms with Gasteiger partial charge in [-0.05, 0) is 6.92 Å². The predicted molar refractivity (Wildman–Crippen MR) is 55.1 cm³/mol. The van der Waals surface area contributed by atoms with Crippen LogP contribution in [0, 0.1) is 0 Å². The molecule has 0 aromatic heterocycles. The number of alkyl halides is 1. The number of ether oxygens (including phenoxy) is 1. The molecule has 3 nitrogen and oxygen atoms in total. The SMILES string of the molecule is CCN(C(=O)OC)C(F)c1ccccc1. The van der Waals surface area contributed by atoms with E-state index in [2.05, 4.69) is 4.74 Å². The molecule has 0 aliphatic carbocycles. The molecule has 1 aromatic rings. The van der Waals surface area contributed by atoms with Crippen molar-refractivity contribution < 1.29 is 13.9 Å². The fourth-order valence-corrected chi connectivity index (χ4v) is 1.29. The number of carbonyl (C=O) groups is 1. The number of hydrogen-bond acceptors (Lipinski definition) is 2. The number of amides is 1. The number of hydrogen-bond donors (Lipinski definition) is 0. The van der Waals surface area contributed by atoms with Crippen LogP contribution in [-0.4, -0.2) is 24.6 Å². The summed E-state index contributed by atoms with van der Waals surface area (Å²) in [6.45, 7) is 1.97. The third kappa shape index (κ3) is 2.68. The molecule has 0 saturated heterocycles. The molecule has 1 aromatic carbocycles. The lowest BCUT2D eigenvalue weighted by atomic mass is 10.2. The zero-order chi connectivity index (χ0) is 11.3. The van der Waals surface area contributed by atoms with Gasteiger partial charge in [-0.15, -0.1) is 0 Å². The van der Waals surface area contributed by atoms with E-state index in [1.165, 1.54) is 7.11 Å². The molecule has 0 spiro atoms. The van der Waals surface area contributed by atoms with E-state index in [0.717, 1.165) is 4.90 Å². The van der Waals surface area contributed by atoms with Crippen molar-refractivity contribution in [3.05, 3.63) is 35.9 Å². The van der Waals surface area contributed by atoms with E-state index in [-0.39, 0.29) is 6.54 Å². The summed E-state index contributed by atoms with van der Waals surface area (Å²) in [5.41, 5.74) is 0.449. The van der Waals surface area contributed by atoms with Gasteiger partial charge < -0.3 is 4.74 Å². The Morgan fingerprint density at radius 2 is 2.07 bits per heavy atom. The Morgan fingerprint density at radius 1 is 1.47 bits per heavy atom. The quantitative estimate of drug-likeness (QED) is 0.719. The summed E-state index contributed by atoms with van der Waals surface area (Å²) >= 11 is 0. The molecule has 1 atom stereocenters. The maximum absolute atomic E-state index is 13.9. The second kappa shape index (κ2) is 5.34. The van der Waals surface area contributed by atoms with E-state index in [9.17, 15) is 9.18 Å². The van der Waals surface area contributed by atoms with Crippen LogP contribution >= 0.6 is 0 Å². The van der Waals surface area contributed by atoms with Gasteiger partial charge in [-0.2, -0.15) is 0 Å². The molecule has 0 heterocycles. The van der Waals surface area contributed by atoms with Crippen LogP contribution < -0.4 is 0 Å². The minimum absolute atomic E-state index is 0.267. The standard InChI is InChI=1S/C11H14FNO2/c1-3-13(11(14)15-2)10(12)9-7-5-4-6-8-9/h4-8,10H,3H2,1-2H3. The topological polar surface area (TPSA) is 29.5 Å². The minimum atomic E-state index is -1.45. The third-order valence-electron chi connectivity index (χ3n) is 2.10. The maximum Gasteiger partial charge on any atom is 0.412 e. The van der Waals surface area contributed by atoms with Crippen molar-refractivity contribution in [1.82, 2.24) is 4.90 Å². The van der Waals surface area contributed by atoms with Gasteiger partial charge in [0.05, 0.1) is 7.11 Å². The van der Waals surface area contributed by atoms with Crippen LogP contribution in [0.4, 0.5) is 9.18 Å². The van der Waals surface area contributed by atoms with Crippen LogP contribution in [0.5, 0.6) is 0 Å². The summed E-state index contributed by atoms with van der Waals surface area (Å²) in [6.07, 6.45) is -2.11. The molecule has 0 radical (unpaired) electrons. The van der Waals surface area contributed by atoms with Gasteiger partial charge in [0.15, 0.2) is 0 Å². The van der Waals surface area contributed by atoms with Crippen molar-refractivity contribution in [2.75, 3.05) is 13.7 Å². The highest BCUT2D eigenvalue weighted by Crippen LogP contribution is 2.22. The minimum Gasteiger partial charge on any atom is -0.453 e. The fraction of sp³-hybridized carbons (Fsp3) is 0.364. The van der Waals surface area contributed by atoms with Gasteiger partial charge in [-0.1, -0.05) is 30.3 Å². The summed E-state index contributed by atoms with van der Waals surface area (Å²) in [4.78, 5) is 12.2. The van der Waals surface area contributed by atoms with E-state index >= 15 is 0 Å². The predicted octanol–water partition coefficient (Wildman–Crippen LogP) is 2.74. The highest BCUT2D eigenvalue weighted by atomic mass is 19.1. The van der Waals surface area contributed by atoms with Gasteiger partial charge >= 0.3 is 6.09 Å². The molecule has 1 rings (SSSR count).